The highest BCUT2D eigenvalue weighted by Crippen LogP contribution is 2.19. The molecule has 0 unspecified atom stereocenters. The first kappa shape index (κ1) is 14.4. The number of carbonyl (C=O) groups excluding carboxylic acids is 1. The minimum absolute atomic E-state index is 0.164. The van der Waals surface area contributed by atoms with Crippen LogP contribution in [0.3, 0.4) is 0 Å². The third-order valence-electron chi connectivity index (χ3n) is 2.55. The molecule has 4 nitrogen and oxygen atoms in total. The molecule has 0 saturated carbocycles. The standard InChI is InChI=1S/C15H14BrNO3/c16-12-5-3-4-11(8-12)9-20-15(18)10-19-14-7-2-1-6-13(14)17/h1-8H,9-10,17H2. The fourth-order valence-corrected chi connectivity index (χ4v) is 2.03. The van der Waals surface area contributed by atoms with E-state index in [9.17, 15) is 4.79 Å². The average molecular weight is 336 g/mol. The molecule has 0 bridgehead atoms. The van der Waals surface area contributed by atoms with Crippen molar-refractivity contribution in [1.29, 1.82) is 0 Å². The number of nitrogen functional groups attached to an aromatic ring is 1. The SMILES string of the molecule is Nc1ccccc1OCC(=O)OCc1cccc(Br)c1. The first-order valence-electron chi connectivity index (χ1n) is 6.02. The number of ether oxygens (including phenoxy) is 2. The summed E-state index contributed by atoms with van der Waals surface area (Å²) in [6, 6.07) is 14.6. The summed E-state index contributed by atoms with van der Waals surface area (Å²) in [6.07, 6.45) is 0. The van der Waals surface area contributed by atoms with Crippen molar-refractivity contribution in [3.63, 3.8) is 0 Å². The van der Waals surface area contributed by atoms with Crippen LogP contribution < -0.4 is 10.5 Å². The predicted molar refractivity (Wildman–Crippen MR) is 80.3 cm³/mol. The van der Waals surface area contributed by atoms with Crippen molar-refractivity contribution in [3.8, 4) is 5.75 Å². The first-order valence-corrected chi connectivity index (χ1v) is 6.82. The zero-order valence-electron chi connectivity index (χ0n) is 10.7. The maximum atomic E-state index is 11.6. The maximum absolute atomic E-state index is 11.6. The Bertz CT molecular complexity index is 601. The van der Waals surface area contributed by atoms with E-state index in [4.69, 9.17) is 15.2 Å². The number of carbonyl (C=O) groups is 1. The zero-order chi connectivity index (χ0) is 14.4. The Kier molecular flexibility index (Phi) is 5.01. The van der Waals surface area contributed by atoms with Crippen LogP contribution in [0, 0.1) is 0 Å². The lowest BCUT2D eigenvalue weighted by Crippen LogP contribution is -2.15. The zero-order valence-corrected chi connectivity index (χ0v) is 12.3. The molecule has 0 aromatic heterocycles. The minimum atomic E-state index is -0.437. The van der Waals surface area contributed by atoms with E-state index in [1.807, 2.05) is 24.3 Å². The summed E-state index contributed by atoms with van der Waals surface area (Å²) in [5.41, 5.74) is 7.11. The van der Waals surface area contributed by atoms with E-state index in [0.717, 1.165) is 10.0 Å². The van der Waals surface area contributed by atoms with Crippen LogP contribution in [0.2, 0.25) is 0 Å². The van der Waals surface area contributed by atoms with Gasteiger partial charge in [0.1, 0.15) is 12.4 Å². The highest BCUT2D eigenvalue weighted by Gasteiger charge is 2.06. The largest absolute Gasteiger partial charge is 0.480 e. The summed E-state index contributed by atoms with van der Waals surface area (Å²) in [5.74, 6) is 0.0418. The second kappa shape index (κ2) is 6.96. The van der Waals surface area contributed by atoms with Gasteiger partial charge in [0.2, 0.25) is 0 Å². The number of hydrogen-bond acceptors (Lipinski definition) is 4. The lowest BCUT2D eigenvalue weighted by Gasteiger charge is -2.09. The van der Waals surface area contributed by atoms with Gasteiger partial charge in [-0.2, -0.15) is 0 Å². The third kappa shape index (κ3) is 4.28. The number of esters is 1. The molecule has 5 heteroatoms. The van der Waals surface area contributed by atoms with E-state index in [-0.39, 0.29) is 13.2 Å². The van der Waals surface area contributed by atoms with Crippen LogP contribution in [0.25, 0.3) is 0 Å². The van der Waals surface area contributed by atoms with Gasteiger partial charge in [0, 0.05) is 4.47 Å². The van der Waals surface area contributed by atoms with E-state index in [1.54, 1.807) is 24.3 Å². The molecule has 104 valence electrons. The van der Waals surface area contributed by atoms with Gasteiger partial charge in [-0.25, -0.2) is 4.79 Å². The Morgan fingerprint density at radius 1 is 1.15 bits per heavy atom. The Morgan fingerprint density at radius 3 is 2.70 bits per heavy atom. The Hall–Kier alpha value is -2.01. The molecule has 0 fully saturated rings. The van der Waals surface area contributed by atoms with E-state index in [2.05, 4.69) is 15.9 Å². The molecule has 0 heterocycles. The summed E-state index contributed by atoms with van der Waals surface area (Å²) < 4.78 is 11.4. The Labute approximate surface area is 125 Å². The number of rotatable bonds is 5. The summed E-state index contributed by atoms with van der Waals surface area (Å²) in [5, 5.41) is 0. The molecule has 0 aliphatic rings. The third-order valence-corrected chi connectivity index (χ3v) is 3.05. The molecule has 2 aromatic carbocycles. The minimum Gasteiger partial charge on any atom is -0.480 e. The van der Waals surface area contributed by atoms with Crippen molar-refractivity contribution in [3.05, 3.63) is 58.6 Å². The van der Waals surface area contributed by atoms with Crippen LogP contribution in [0.5, 0.6) is 5.75 Å². The van der Waals surface area contributed by atoms with Crippen molar-refractivity contribution in [1.82, 2.24) is 0 Å². The quantitative estimate of drug-likeness (QED) is 0.673. The molecule has 2 rings (SSSR count). The monoisotopic (exact) mass is 335 g/mol. The van der Waals surface area contributed by atoms with Gasteiger partial charge in [0.05, 0.1) is 5.69 Å². The van der Waals surface area contributed by atoms with Gasteiger partial charge in [-0.15, -0.1) is 0 Å². The van der Waals surface area contributed by atoms with Gasteiger partial charge in [-0.1, -0.05) is 40.2 Å². The molecule has 0 saturated heterocycles. The van der Waals surface area contributed by atoms with E-state index in [1.165, 1.54) is 0 Å². The Morgan fingerprint density at radius 2 is 1.95 bits per heavy atom. The number of anilines is 1. The summed E-state index contributed by atoms with van der Waals surface area (Å²) >= 11 is 3.36. The number of halogens is 1. The highest BCUT2D eigenvalue weighted by atomic mass is 79.9. The van der Waals surface area contributed by atoms with Gasteiger partial charge in [0.15, 0.2) is 6.61 Å². The van der Waals surface area contributed by atoms with Crippen LogP contribution >= 0.6 is 15.9 Å². The number of nitrogens with two attached hydrogens (primary N) is 1. The molecule has 0 spiro atoms. The van der Waals surface area contributed by atoms with Crippen LogP contribution in [0.15, 0.2) is 53.0 Å². The van der Waals surface area contributed by atoms with Crippen LogP contribution in [0.1, 0.15) is 5.56 Å². The topological polar surface area (TPSA) is 61.5 Å². The summed E-state index contributed by atoms with van der Waals surface area (Å²) in [6.45, 7) is 0.0497. The van der Waals surface area contributed by atoms with E-state index >= 15 is 0 Å². The molecule has 20 heavy (non-hydrogen) atoms. The molecule has 2 aromatic rings. The maximum Gasteiger partial charge on any atom is 0.344 e. The van der Waals surface area contributed by atoms with Crippen molar-refractivity contribution < 1.29 is 14.3 Å². The first-order chi connectivity index (χ1) is 9.65. The number of hydrogen-bond donors (Lipinski definition) is 1. The average Bonchev–Trinajstić information content (AvgIpc) is 2.44. The molecule has 2 N–H and O–H groups in total. The van der Waals surface area contributed by atoms with Gasteiger partial charge < -0.3 is 15.2 Å². The van der Waals surface area contributed by atoms with Gasteiger partial charge in [-0.05, 0) is 29.8 Å². The second-order valence-electron chi connectivity index (χ2n) is 4.12. The lowest BCUT2D eigenvalue weighted by molar-refractivity contribution is -0.147. The second-order valence-corrected chi connectivity index (χ2v) is 5.03. The number of benzene rings is 2. The fourth-order valence-electron chi connectivity index (χ4n) is 1.58. The van der Waals surface area contributed by atoms with Crippen LogP contribution in [-0.2, 0) is 16.1 Å². The highest BCUT2D eigenvalue weighted by molar-refractivity contribution is 9.10. The molecule has 0 radical (unpaired) electrons. The Balaban J connectivity index is 1.80. The smallest absolute Gasteiger partial charge is 0.344 e. The molecular formula is C15H14BrNO3. The fraction of sp³-hybridized carbons (Fsp3) is 0.133. The number of para-hydroxylation sites is 2. The van der Waals surface area contributed by atoms with Crippen molar-refractivity contribution in [2.45, 2.75) is 6.61 Å². The molecule has 0 aliphatic heterocycles. The molecular weight excluding hydrogens is 322 g/mol. The van der Waals surface area contributed by atoms with Gasteiger partial charge in [0.25, 0.3) is 0 Å². The molecule has 0 aliphatic carbocycles. The van der Waals surface area contributed by atoms with E-state index in [0.29, 0.717) is 11.4 Å². The molecule has 0 atom stereocenters. The lowest BCUT2D eigenvalue weighted by atomic mass is 10.2. The van der Waals surface area contributed by atoms with Crippen molar-refractivity contribution >= 4 is 27.6 Å². The van der Waals surface area contributed by atoms with Crippen LogP contribution in [-0.4, -0.2) is 12.6 Å². The van der Waals surface area contributed by atoms with E-state index < -0.39 is 5.97 Å². The van der Waals surface area contributed by atoms with Crippen molar-refractivity contribution in [2.24, 2.45) is 0 Å². The van der Waals surface area contributed by atoms with Crippen LogP contribution in [0.4, 0.5) is 5.69 Å². The normalized spacial score (nSPS) is 10.1. The van der Waals surface area contributed by atoms with Gasteiger partial charge in [-0.3, -0.25) is 0 Å². The molecule has 0 amide bonds. The summed E-state index contributed by atoms with van der Waals surface area (Å²) in [4.78, 5) is 11.6. The predicted octanol–water partition coefficient (Wildman–Crippen LogP) is 3.15. The summed E-state index contributed by atoms with van der Waals surface area (Å²) in [7, 11) is 0. The van der Waals surface area contributed by atoms with Gasteiger partial charge >= 0.3 is 5.97 Å². The van der Waals surface area contributed by atoms with Crippen molar-refractivity contribution in [2.75, 3.05) is 12.3 Å².